The summed E-state index contributed by atoms with van der Waals surface area (Å²) < 4.78 is 12.7. The first kappa shape index (κ1) is 18.2. The summed E-state index contributed by atoms with van der Waals surface area (Å²) in [4.78, 5) is 0. The normalized spacial score (nSPS) is 20.1. The Morgan fingerprint density at radius 2 is 2.09 bits per heavy atom. The first-order valence-corrected chi connectivity index (χ1v) is 12.7. The van der Waals surface area contributed by atoms with Crippen LogP contribution in [0, 0.1) is 0 Å². The number of ether oxygens (including phenoxy) is 2. The van der Waals surface area contributed by atoms with Crippen LogP contribution < -0.4 is 5.19 Å². The average molecular weight is 430 g/mol. The minimum Gasteiger partial charge on any atom is -0.353 e. The van der Waals surface area contributed by atoms with Crippen molar-refractivity contribution in [2.24, 2.45) is 0 Å². The summed E-state index contributed by atoms with van der Waals surface area (Å²) in [5, 5.41) is 3.09. The van der Waals surface area contributed by atoms with E-state index < -0.39 is 8.07 Å². The first-order chi connectivity index (χ1) is 10.6. The number of allylic oxidation sites excluding steroid dienone is 1. The Hall–Kier alpha value is -0.173. The van der Waals surface area contributed by atoms with Gasteiger partial charge in [-0.15, -0.1) is 0 Å². The fraction of sp³-hybridized carbons (Fsp3) is 0.556. The monoisotopic (exact) mass is 430 g/mol. The van der Waals surface area contributed by atoms with Gasteiger partial charge in [-0.05, 0) is 25.7 Å². The molecule has 0 N–H and O–H groups in total. The quantitative estimate of drug-likeness (QED) is 0.362. The molecule has 0 bridgehead atoms. The largest absolute Gasteiger partial charge is 0.353 e. The van der Waals surface area contributed by atoms with Crippen molar-refractivity contribution in [3.8, 4) is 0 Å². The zero-order valence-corrected chi connectivity index (χ0v) is 16.8. The van der Waals surface area contributed by atoms with Crippen LogP contribution in [-0.4, -0.2) is 32.0 Å². The van der Waals surface area contributed by atoms with Gasteiger partial charge in [0.25, 0.3) is 0 Å². The molecule has 1 fully saturated rings. The maximum atomic E-state index is 5.95. The van der Waals surface area contributed by atoms with Gasteiger partial charge in [0.15, 0.2) is 6.29 Å². The van der Waals surface area contributed by atoms with Crippen molar-refractivity contribution in [3.05, 3.63) is 41.6 Å². The van der Waals surface area contributed by atoms with Crippen LogP contribution in [0.5, 0.6) is 0 Å². The van der Waals surface area contributed by atoms with Crippen LogP contribution in [0.15, 0.2) is 41.6 Å². The lowest BCUT2D eigenvalue weighted by molar-refractivity contribution is -0.161. The second-order valence-corrected chi connectivity index (χ2v) is 11.6. The molecule has 0 amide bonds. The van der Waals surface area contributed by atoms with Crippen molar-refractivity contribution in [1.29, 1.82) is 0 Å². The Bertz CT molecular complexity index is 467. The van der Waals surface area contributed by atoms with Crippen molar-refractivity contribution in [2.45, 2.75) is 45.1 Å². The zero-order valence-electron chi connectivity index (χ0n) is 13.7. The predicted octanol–water partition coefficient (Wildman–Crippen LogP) is 4.44. The predicted molar refractivity (Wildman–Crippen MR) is 105 cm³/mol. The van der Waals surface area contributed by atoms with E-state index in [-0.39, 0.29) is 6.29 Å². The van der Waals surface area contributed by atoms with Gasteiger partial charge in [-0.1, -0.05) is 82.5 Å². The number of halogens is 1. The number of hydrogen-bond donors (Lipinski definition) is 0. The molecule has 1 atom stereocenters. The Morgan fingerprint density at radius 3 is 2.73 bits per heavy atom. The summed E-state index contributed by atoms with van der Waals surface area (Å²) in [5.41, 5.74) is 0. The Balaban J connectivity index is 1.95. The van der Waals surface area contributed by atoms with Gasteiger partial charge in [-0.3, -0.25) is 0 Å². The molecule has 0 aromatic heterocycles. The lowest BCUT2D eigenvalue weighted by Gasteiger charge is -2.28. The van der Waals surface area contributed by atoms with E-state index in [0.717, 1.165) is 30.5 Å². The van der Waals surface area contributed by atoms with Crippen LogP contribution in [0.25, 0.3) is 0 Å². The molecule has 22 heavy (non-hydrogen) atoms. The maximum Gasteiger partial charge on any atom is 0.157 e. The second kappa shape index (κ2) is 9.20. The maximum absolute atomic E-state index is 5.95. The highest BCUT2D eigenvalue weighted by Crippen LogP contribution is 2.21. The van der Waals surface area contributed by atoms with E-state index in [0.29, 0.717) is 0 Å². The summed E-state index contributed by atoms with van der Waals surface area (Å²) in [6, 6.07) is 11.0. The molecule has 0 spiro atoms. The third kappa shape index (κ3) is 5.18. The fourth-order valence-electron chi connectivity index (χ4n) is 2.95. The highest BCUT2D eigenvalue weighted by atomic mass is 127. The van der Waals surface area contributed by atoms with Crippen LogP contribution in [-0.2, 0) is 9.47 Å². The molecule has 0 aliphatic carbocycles. The third-order valence-corrected chi connectivity index (χ3v) is 8.71. The van der Waals surface area contributed by atoms with Gasteiger partial charge >= 0.3 is 0 Å². The van der Waals surface area contributed by atoms with Crippen molar-refractivity contribution < 1.29 is 9.47 Å². The van der Waals surface area contributed by atoms with Crippen LogP contribution >= 0.6 is 22.6 Å². The summed E-state index contributed by atoms with van der Waals surface area (Å²) in [5.74, 6) is 0. The molecule has 1 aromatic carbocycles. The Labute approximate surface area is 149 Å². The molecular formula is C18H27IO2Si. The summed E-state index contributed by atoms with van der Waals surface area (Å²) in [6.07, 6.45) is 6.90. The standard InChI is InChI=1S/C18H27IO2Si/c1-22(2,16-8-4-3-5-9-16)17(11-13-19)12-15-21-18-10-6-7-14-20-18/h3-5,8-9,11,18H,6-7,10,12-15H2,1-2H3/b17-11+. The molecule has 1 heterocycles. The minimum atomic E-state index is -1.58. The van der Waals surface area contributed by atoms with Crippen molar-refractivity contribution in [3.63, 3.8) is 0 Å². The van der Waals surface area contributed by atoms with Gasteiger partial charge in [0.05, 0.1) is 6.61 Å². The van der Waals surface area contributed by atoms with Gasteiger partial charge in [-0.2, -0.15) is 0 Å². The van der Waals surface area contributed by atoms with Crippen LogP contribution in [0.3, 0.4) is 0 Å². The molecular weight excluding hydrogens is 403 g/mol. The molecule has 0 radical (unpaired) electrons. The van der Waals surface area contributed by atoms with Gasteiger partial charge in [-0.25, -0.2) is 0 Å². The number of benzene rings is 1. The molecule has 1 aliphatic heterocycles. The van der Waals surface area contributed by atoms with Crippen LogP contribution in [0.1, 0.15) is 25.7 Å². The van der Waals surface area contributed by atoms with E-state index in [1.165, 1.54) is 18.0 Å². The van der Waals surface area contributed by atoms with Crippen molar-refractivity contribution >= 4 is 35.9 Å². The molecule has 4 heteroatoms. The third-order valence-electron chi connectivity index (χ3n) is 4.43. The number of rotatable bonds is 7. The molecule has 1 saturated heterocycles. The van der Waals surface area contributed by atoms with E-state index in [4.69, 9.17) is 9.47 Å². The molecule has 0 saturated carbocycles. The summed E-state index contributed by atoms with van der Waals surface area (Å²) in [6.45, 7) is 6.51. The smallest absolute Gasteiger partial charge is 0.157 e. The van der Waals surface area contributed by atoms with Gasteiger partial charge in [0.1, 0.15) is 8.07 Å². The molecule has 2 nitrogen and oxygen atoms in total. The lowest BCUT2D eigenvalue weighted by Crippen LogP contribution is -2.44. The Morgan fingerprint density at radius 1 is 1.32 bits per heavy atom. The number of hydrogen-bond acceptors (Lipinski definition) is 2. The fourth-order valence-corrected chi connectivity index (χ4v) is 6.63. The molecule has 1 aromatic rings. The number of alkyl halides is 1. The summed E-state index contributed by atoms with van der Waals surface area (Å²) >= 11 is 2.44. The van der Waals surface area contributed by atoms with E-state index in [1.54, 1.807) is 5.20 Å². The molecule has 1 unspecified atom stereocenters. The van der Waals surface area contributed by atoms with E-state index >= 15 is 0 Å². The van der Waals surface area contributed by atoms with Crippen LogP contribution in [0.4, 0.5) is 0 Å². The lowest BCUT2D eigenvalue weighted by atomic mass is 10.2. The van der Waals surface area contributed by atoms with Gasteiger partial charge in [0.2, 0.25) is 0 Å². The van der Waals surface area contributed by atoms with E-state index in [9.17, 15) is 0 Å². The Kier molecular flexibility index (Phi) is 7.60. The zero-order chi connectivity index (χ0) is 15.8. The molecule has 122 valence electrons. The topological polar surface area (TPSA) is 18.5 Å². The second-order valence-electron chi connectivity index (χ2n) is 6.29. The average Bonchev–Trinajstić information content (AvgIpc) is 2.56. The first-order valence-electron chi connectivity index (χ1n) is 8.19. The highest BCUT2D eigenvalue weighted by Gasteiger charge is 2.27. The molecule has 2 rings (SSSR count). The van der Waals surface area contributed by atoms with Gasteiger partial charge in [0, 0.05) is 11.0 Å². The SMILES string of the molecule is C[Si](C)(/C(=C/CI)CCOC1CCCCO1)c1ccccc1. The van der Waals surface area contributed by atoms with Crippen molar-refractivity contribution in [2.75, 3.05) is 17.6 Å². The summed E-state index contributed by atoms with van der Waals surface area (Å²) in [7, 11) is -1.58. The van der Waals surface area contributed by atoms with Crippen molar-refractivity contribution in [1.82, 2.24) is 0 Å². The molecule has 1 aliphatic rings. The van der Waals surface area contributed by atoms with Gasteiger partial charge < -0.3 is 9.47 Å². The van der Waals surface area contributed by atoms with E-state index in [1.807, 2.05) is 0 Å². The van der Waals surface area contributed by atoms with E-state index in [2.05, 4.69) is 72.1 Å². The highest BCUT2D eigenvalue weighted by molar-refractivity contribution is 14.1. The minimum absolute atomic E-state index is 0.0242. The van der Waals surface area contributed by atoms with Crippen LogP contribution in [0.2, 0.25) is 13.1 Å².